The van der Waals surface area contributed by atoms with Crippen LogP contribution < -0.4 is 0 Å². The van der Waals surface area contributed by atoms with Crippen LogP contribution in [-0.4, -0.2) is 34.5 Å². The Morgan fingerprint density at radius 3 is 2.64 bits per heavy atom. The number of hydrogen-bond donors (Lipinski definition) is 1. The molecule has 0 aromatic heterocycles. The fraction of sp³-hybridized carbons (Fsp3) is 0.800. The minimum absolute atomic E-state index is 0.00694. The van der Waals surface area contributed by atoms with E-state index in [4.69, 9.17) is 5.11 Å². The summed E-state index contributed by atoms with van der Waals surface area (Å²) in [5, 5.41) is 8.94. The number of aliphatic carboxylic acids is 1. The van der Waals surface area contributed by atoms with Crippen LogP contribution in [0.5, 0.6) is 0 Å². The first kappa shape index (κ1) is 9.49. The van der Waals surface area contributed by atoms with E-state index in [1.807, 2.05) is 0 Å². The van der Waals surface area contributed by atoms with E-state index in [1.165, 1.54) is 6.92 Å². The van der Waals surface area contributed by atoms with E-state index < -0.39 is 5.97 Å². The van der Waals surface area contributed by atoms with Crippen LogP contribution in [0.2, 0.25) is 0 Å². The third-order valence-corrected chi connectivity index (χ3v) is 3.36. The normalized spacial score (nSPS) is 35.8. The number of amides is 1. The summed E-state index contributed by atoms with van der Waals surface area (Å²) in [5.74, 6) is -0.795. The number of likely N-dealkylation sites (tertiary alicyclic amines) is 1. The molecule has 1 heterocycles. The van der Waals surface area contributed by atoms with Gasteiger partial charge in [-0.15, -0.1) is 0 Å². The summed E-state index contributed by atoms with van der Waals surface area (Å²) in [7, 11) is 0. The zero-order valence-corrected chi connectivity index (χ0v) is 8.27. The second-order valence-electron chi connectivity index (χ2n) is 4.23. The van der Waals surface area contributed by atoms with Gasteiger partial charge in [-0.1, -0.05) is 6.42 Å². The van der Waals surface area contributed by atoms with Gasteiger partial charge in [-0.2, -0.15) is 0 Å². The number of fused-ring (bicyclic) bond motifs is 1. The first-order valence-electron chi connectivity index (χ1n) is 5.13. The van der Waals surface area contributed by atoms with E-state index in [0.717, 1.165) is 25.8 Å². The van der Waals surface area contributed by atoms with Gasteiger partial charge in [0.25, 0.3) is 0 Å². The molecular weight excluding hydrogens is 182 g/mol. The van der Waals surface area contributed by atoms with Crippen molar-refractivity contribution in [3.8, 4) is 0 Å². The predicted molar refractivity (Wildman–Crippen MR) is 49.6 cm³/mol. The van der Waals surface area contributed by atoms with Crippen LogP contribution in [0, 0.1) is 11.8 Å². The van der Waals surface area contributed by atoms with E-state index in [1.54, 1.807) is 4.90 Å². The topological polar surface area (TPSA) is 57.6 Å². The van der Waals surface area contributed by atoms with Gasteiger partial charge in [-0.05, 0) is 18.8 Å². The number of carboxylic acids is 1. The van der Waals surface area contributed by atoms with Crippen LogP contribution >= 0.6 is 0 Å². The van der Waals surface area contributed by atoms with Gasteiger partial charge in [-0.3, -0.25) is 9.59 Å². The Hall–Kier alpha value is -1.06. The Morgan fingerprint density at radius 1 is 1.36 bits per heavy atom. The van der Waals surface area contributed by atoms with Crippen molar-refractivity contribution in [2.75, 3.05) is 6.54 Å². The highest BCUT2D eigenvalue weighted by molar-refractivity contribution is 5.80. The molecule has 2 aliphatic rings. The molecule has 2 rings (SSSR count). The zero-order valence-electron chi connectivity index (χ0n) is 8.27. The van der Waals surface area contributed by atoms with Crippen molar-refractivity contribution in [2.24, 2.45) is 11.8 Å². The lowest BCUT2D eigenvalue weighted by Gasteiger charge is -2.19. The Labute approximate surface area is 82.9 Å². The van der Waals surface area contributed by atoms with Crippen molar-refractivity contribution in [1.82, 2.24) is 4.90 Å². The highest BCUT2D eigenvalue weighted by Gasteiger charge is 2.58. The molecule has 1 N–H and O–H groups in total. The van der Waals surface area contributed by atoms with E-state index in [2.05, 4.69) is 0 Å². The minimum atomic E-state index is -0.742. The summed E-state index contributed by atoms with van der Waals surface area (Å²) in [6.07, 6.45) is 3.03. The molecule has 1 saturated heterocycles. The van der Waals surface area contributed by atoms with Crippen molar-refractivity contribution in [1.29, 1.82) is 0 Å². The third kappa shape index (κ3) is 1.38. The smallest absolute Gasteiger partial charge is 0.308 e. The Bertz CT molecular complexity index is 277. The average Bonchev–Trinajstić information content (AvgIpc) is 2.75. The number of nitrogens with zero attached hydrogens (tertiary/aromatic N) is 1. The van der Waals surface area contributed by atoms with Gasteiger partial charge in [-0.25, -0.2) is 0 Å². The fourth-order valence-electron chi connectivity index (χ4n) is 2.64. The molecule has 1 aliphatic carbocycles. The Morgan fingerprint density at radius 2 is 2.07 bits per heavy atom. The van der Waals surface area contributed by atoms with Crippen LogP contribution in [0.3, 0.4) is 0 Å². The number of carboxylic acid groups (broad SMARTS) is 1. The largest absolute Gasteiger partial charge is 0.481 e. The van der Waals surface area contributed by atoms with Crippen molar-refractivity contribution in [3.63, 3.8) is 0 Å². The van der Waals surface area contributed by atoms with Crippen LogP contribution in [0.25, 0.3) is 0 Å². The maximum atomic E-state index is 11.3. The molecule has 14 heavy (non-hydrogen) atoms. The predicted octanol–water partition coefficient (Wildman–Crippen LogP) is 0.718. The van der Waals surface area contributed by atoms with Crippen molar-refractivity contribution >= 4 is 11.9 Å². The quantitative estimate of drug-likeness (QED) is 0.673. The number of carbonyl (C=O) groups excluding carboxylic acids is 1. The van der Waals surface area contributed by atoms with Crippen LogP contribution in [0.1, 0.15) is 26.2 Å². The zero-order chi connectivity index (χ0) is 10.3. The summed E-state index contributed by atoms with van der Waals surface area (Å²) in [6.45, 7) is 2.26. The molecule has 4 heteroatoms. The summed E-state index contributed by atoms with van der Waals surface area (Å²) >= 11 is 0. The van der Waals surface area contributed by atoms with Crippen molar-refractivity contribution in [3.05, 3.63) is 0 Å². The molecule has 0 bridgehead atoms. The molecule has 0 aromatic rings. The summed E-state index contributed by atoms with van der Waals surface area (Å²) in [5.41, 5.74) is 0. The van der Waals surface area contributed by atoms with E-state index in [-0.39, 0.29) is 23.8 Å². The lowest BCUT2D eigenvalue weighted by Crippen LogP contribution is -2.33. The molecular formula is C10H15NO3. The van der Waals surface area contributed by atoms with Gasteiger partial charge in [0.05, 0.1) is 5.92 Å². The Balaban J connectivity index is 2.12. The van der Waals surface area contributed by atoms with Crippen LogP contribution in [-0.2, 0) is 9.59 Å². The van der Waals surface area contributed by atoms with Gasteiger partial charge < -0.3 is 10.0 Å². The van der Waals surface area contributed by atoms with Gasteiger partial charge in [0.15, 0.2) is 0 Å². The summed E-state index contributed by atoms with van der Waals surface area (Å²) < 4.78 is 0. The summed E-state index contributed by atoms with van der Waals surface area (Å²) in [4.78, 5) is 23.9. The highest BCUT2D eigenvalue weighted by Crippen LogP contribution is 2.48. The molecule has 1 aliphatic heterocycles. The number of carbonyl (C=O) groups is 2. The monoisotopic (exact) mass is 197 g/mol. The second-order valence-corrected chi connectivity index (χ2v) is 4.23. The third-order valence-electron chi connectivity index (χ3n) is 3.36. The van der Waals surface area contributed by atoms with Crippen LogP contribution in [0.4, 0.5) is 0 Å². The molecule has 1 saturated carbocycles. The summed E-state index contributed by atoms with van der Waals surface area (Å²) in [6, 6.07) is -0.00694. The van der Waals surface area contributed by atoms with E-state index in [0.29, 0.717) is 0 Å². The number of rotatable bonds is 1. The van der Waals surface area contributed by atoms with Crippen molar-refractivity contribution in [2.45, 2.75) is 32.2 Å². The Kier molecular flexibility index (Phi) is 2.21. The van der Waals surface area contributed by atoms with Crippen molar-refractivity contribution < 1.29 is 14.7 Å². The standard InChI is InChI=1S/C10H15NO3/c1-6(12)11-5-3-2-4-7-8(9(7)11)10(13)14/h7-9H,2-5H2,1H3,(H,13,14)/t7-,8-,9-/m1/s1. The second kappa shape index (κ2) is 3.26. The maximum absolute atomic E-state index is 11.3. The SMILES string of the molecule is CC(=O)N1CCCC[C@@H]2[C@@H](C(=O)O)[C@@H]21. The first-order valence-corrected chi connectivity index (χ1v) is 5.13. The fourth-order valence-corrected chi connectivity index (χ4v) is 2.64. The van der Waals surface area contributed by atoms with Crippen LogP contribution in [0.15, 0.2) is 0 Å². The van der Waals surface area contributed by atoms with Gasteiger partial charge in [0.2, 0.25) is 5.91 Å². The number of hydrogen-bond acceptors (Lipinski definition) is 2. The molecule has 3 atom stereocenters. The first-order chi connectivity index (χ1) is 6.63. The average molecular weight is 197 g/mol. The lowest BCUT2D eigenvalue weighted by atomic mass is 10.1. The molecule has 2 fully saturated rings. The van der Waals surface area contributed by atoms with Gasteiger partial charge in [0, 0.05) is 19.5 Å². The molecule has 0 unspecified atom stereocenters. The highest BCUT2D eigenvalue weighted by atomic mass is 16.4. The molecule has 78 valence electrons. The molecule has 1 amide bonds. The van der Waals surface area contributed by atoms with Gasteiger partial charge in [0.1, 0.15) is 0 Å². The minimum Gasteiger partial charge on any atom is -0.481 e. The lowest BCUT2D eigenvalue weighted by molar-refractivity contribution is -0.139. The van der Waals surface area contributed by atoms with Gasteiger partial charge >= 0.3 is 5.97 Å². The molecule has 0 radical (unpaired) electrons. The van der Waals surface area contributed by atoms with E-state index in [9.17, 15) is 9.59 Å². The maximum Gasteiger partial charge on any atom is 0.308 e. The molecule has 0 spiro atoms. The molecule has 4 nitrogen and oxygen atoms in total. The molecule has 0 aromatic carbocycles. The van der Waals surface area contributed by atoms with E-state index >= 15 is 0 Å².